The Kier molecular flexibility index (Phi) is 4.53. The first-order chi connectivity index (χ1) is 12.6. The molecule has 1 saturated carbocycles. The molecule has 4 nitrogen and oxygen atoms in total. The molecule has 4 rings (SSSR count). The number of fused-ring (bicyclic) bond motifs is 1. The summed E-state index contributed by atoms with van der Waals surface area (Å²) in [4.78, 5) is 4.61. The predicted molar refractivity (Wildman–Crippen MR) is 101 cm³/mol. The molecule has 1 heterocycles. The standard InChI is InChI=1S/C21H24FN3O/c22-16-7-5-15(6-8-16)13-21(10-11-21)14-24-20(23)25-18-9-12-26-19-4-2-1-3-17(18)19/h1-8,18H,9-14H2,(H3,23,24,25). The first-order valence-corrected chi connectivity index (χ1v) is 9.16. The highest BCUT2D eigenvalue weighted by molar-refractivity contribution is 5.78. The van der Waals surface area contributed by atoms with Gasteiger partial charge in [-0.25, -0.2) is 4.39 Å². The van der Waals surface area contributed by atoms with Crippen LogP contribution in [0.15, 0.2) is 53.5 Å². The number of halogens is 1. The topological polar surface area (TPSA) is 59.6 Å². The summed E-state index contributed by atoms with van der Waals surface area (Å²) in [6, 6.07) is 14.9. The fourth-order valence-electron chi connectivity index (χ4n) is 3.57. The number of nitrogens with one attached hydrogen (secondary N) is 1. The largest absolute Gasteiger partial charge is 0.493 e. The minimum absolute atomic E-state index is 0.135. The number of para-hydroxylation sites is 1. The summed E-state index contributed by atoms with van der Waals surface area (Å²) in [5.74, 6) is 1.21. The van der Waals surface area contributed by atoms with Crippen LogP contribution in [0.25, 0.3) is 0 Å². The number of hydrogen-bond donors (Lipinski definition) is 2. The molecule has 26 heavy (non-hydrogen) atoms. The van der Waals surface area contributed by atoms with Gasteiger partial charge in [-0.2, -0.15) is 0 Å². The van der Waals surface area contributed by atoms with Crippen LogP contribution < -0.4 is 15.8 Å². The molecule has 3 N–H and O–H groups in total. The second kappa shape index (κ2) is 6.98. The Morgan fingerprint density at radius 1 is 1.19 bits per heavy atom. The molecule has 2 aliphatic rings. The van der Waals surface area contributed by atoms with Crippen molar-refractivity contribution in [3.8, 4) is 5.75 Å². The first-order valence-electron chi connectivity index (χ1n) is 9.16. The highest BCUT2D eigenvalue weighted by Gasteiger charge is 2.42. The van der Waals surface area contributed by atoms with Crippen LogP contribution in [0, 0.1) is 11.2 Å². The van der Waals surface area contributed by atoms with Gasteiger partial charge in [-0.1, -0.05) is 30.3 Å². The van der Waals surface area contributed by atoms with Crippen molar-refractivity contribution in [1.82, 2.24) is 5.32 Å². The van der Waals surface area contributed by atoms with E-state index in [0.717, 1.165) is 42.6 Å². The van der Waals surface area contributed by atoms with Crippen molar-refractivity contribution in [3.05, 3.63) is 65.5 Å². The van der Waals surface area contributed by atoms with Crippen molar-refractivity contribution in [2.75, 3.05) is 13.2 Å². The van der Waals surface area contributed by atoms with Gasteiger partial charge >= 0.3 is 0 Å². The molecule has 1 aliphatic carbocycles. The van der Waals surface area contributed by atoms with E-state index in [9.17, 15) is 4.39 Å². The molecular formula is C21H24FN3O. The molecule has 0 spiro atoms. The summed E-state index contributed by atoms with van der Waals surface area (Å²) < 4.78 is 18.7. The second-order valence-corrected chi connectivity index (χ2v) is 7.38. The van der Waals surface area contributed by atoms with Gasteiger partial charge in [0, 0.05) is 18.5 Å². The van der Waals surface area contributed by atoms with Crippen LogP contribution in [0.1, 0.15) is 36.4 Å². The summed E-state index contributed by atoms with van der Waals surface area (Å²) in [6.07, 6.45) is 4.07. The summed E-state index contributed by atoms with van der Waals surface area (Å²) in [5.41, 5.74) is 8.62. The fourth-order valence-corrected chi connectivity index (χ4v) is 3.57. The maximum Gasteiger partial charge on any atom is 0.189 e. The van der Waals surface area contributed by atoms with Crippen LogP contribution in [0.3, 0.4) is 0 Å². The molecule has 1 unspecified atom stereocenters. The fraction of sp³-hybridized carbons (Fsp3) is 0.381. The number of guanidine groups is 1. The maximum absolute atomic E-state index is 13.1. The zero-order valence-corrected chi connectivity index (χ0v) is 14.7. The lowest BCUT2D eigenvalue weighted by molar-refractivity contribution is 0.262. The Labute approximate surface area is 153 Å². The summed E-state index contributed by atoms with van der Waals surface area (Å²) in [7, 11) is 0. The smallest absolute Gasteiger partial charge is 0.189 e. The number of rotatable bonds is 5. The first kappa shape index (κ1) is 16.9. The van der Waals surface area contributed by atoms with Gasteiger partial charge < -0.3 is 15.8 Å². The minimum Gasteiger partial charge on any atom is -0.493 e. The van der Waals surface area contributed by atoms with Crippen LogP contribution >= 0.6 is 0 Å². The SMILES string of the molecule is NC(=NCC1(Cc2ccc(F)cc2)CC1)NC1CCOc2ccccc21. The lowest BCUT2D eigenvalue weighted by atomic mass is 9.96. The average Bonchev–Trinajstić information content (AvgIpc) is 3.42. The number of hydrogen-bond acceptors (Lipinski definition) is 2. The predicted octanol–water partition coefficient (Wildman–Crippen LogP) is 3.58. The van der Waals surface area contributed by atoms with Crippen molar-refractivity contribution in [2.45, 2.75) is 31.7 Å². The van der Waals surface area contributed by atoms with Crippen molar-refractivity contribution >= 4 is 5.96 Å². The zero-order valence-electron chi connectivity index (χ0n) is 14.7. The highest BCUT2D eigenvalue weighted by atomic mass is 19.1. The van der Waals surface area contributed by atoms with E-state index in [1.165, 1.54) is 12.1 Å². The Hall–Kier alpha value is -2.56. The zero-order chi connectivity index (χ0) is 18.0. The number of nitrogens with zero attached hydrogens (tertiary/aromatic N) is 1. The number of ether oxygens (including phenoxy) is 1. The van der Waals surface area contributed by atoms with E-state index < -0.39 is 0 Å². The lowest BCUT2D eigenvalue weighted by Crippen LogP contribution is -2.37. The van der Waals surface area contributed by atoms with E-state index in [4.69, 9.17) is 10.5 Å². The highest BCUT2D eigenvalue weighted by Crippen LogP contribution is 2.48. The van der Waals surface area contributed by atoms with E-state index in [1.807, 2.05) is 30.3 Å². The van der Waals surface area contributed by atoms with E-state index >= 15 is 0 Å². The van der Waals surface area contributed by atoms with E-state index in [2.05, 4.69) is 16.4 Å². The van der Waals surface area contributed by atoms with Gasteiger partial charge in [-0.05, 0) is 48.4 Å². The van der Waals surface area contributed by atoms with E-state index in [0.29, 0.717) is 19.1 Å². The number of benzene rings is 2. The summed E-state index contributed by atoms with van der Waals surface area (Å²) in [5, 5.41) is 3.34. The van der Waals surface area contributed by atoms with Crippen LogP contribution in [0.2, 0.25) is 0 Å². The van der Waals surface area contributed by atoms with Gasteiger partial charge in [0.15, 0.2) is 5.96 Å². The van der Waals surface area contributed by atoms with E-state index in [-0.39, 0.29) is 17.3 Å². The van der Waals surface area contributed by atoms with Gasteiger partial charge in [-0.3, -0.25) is 4.99 Å². The molecule has 1 aliphatic heterocycles. The number of aliphatic imine (C=N–C) groups is 1. The van der Waals surface area contributed by atoms with Gasteiger partial charge in [-0.15, -0.1) is 0 Å². The van der Waals surface area contributed by atoms with Gasteiger partial charge in [0.25, 0.3) is 0 Å². The van der Waals surface area contributed by atoms with Gasteiger partial charge in [0.1, 0.15) is 11.6 Å². The molecular weight excluding hydrogens is 329 g/mol. The van der Waals surface area contributed by atoms with Crippen LogP contribution in [0.5, 0.6) is 5.75 Å². The van der Waals surface area contributed by atoms with E-state index in [1.54, 1.807) is 0 Å². The molecule has 0 amide bonds. The minimum atomic E-state index is -0.193. The quantitative estimate of drug-likeness (QED) is 0.638. The third-order valence-corrected chi connectivity index (χ3v) is 5.31. The number of nitrogens with two attached hydrogens (primary N) is 1. The molecule has 136 valence electrons. The lowest BCUT2D eigenvalue weighted by Gasteiger charge is -2.27. The van der Waals surface area contributed by atoms with Crippen LogP contribution in [-0.2, 0) is 6.42 Å². The van der Waals surface area contributed by atoms with Crippen LogP contribution in [-0.4, -0.2) is 19.1 Å². The molecule has 0 saturated heterocycles. The molecule has 0 aromatic heterocycles. The second-order valence-electron chi connectivity index (χ2n) is 7.38. The van der Waals surface area contributed by atoms with Crippen molar-refractivity contribution < 1.29 is 9.13 Å². The van der Waals surface area contributed by atoms with Gasteiger partial charge in [0.05, 0.1) is 12.6 Å². The molecule has 2 aromatic carbocycles. The maximum atomic E-state index is 13.1. The average molecular weight is 353 g/mol. The third kappa shape index (κ3) is 3.82. The molecule has 0 radical (unpaired) electrons. The molecule has 2 aromatic rings. The Bertz CT molecular complexity index is 799. The summed E-state index contributed by atoms with van der Waals surface area (Å²) in [6.45, 7) is 1.38. The van der Waals surface area contributed by atoms with Gasteiger partial charge in [0.2, 0.25) is 0 Å². The summed E-state index contributed by atoms with van der Waals surface area (Å²) >= 11 is 0. The molecule has 1 fully saturated rings. The monoisotopic (exact) mass is 353 g/mol. The normalized spacial score (nSPS) is 20.8. The molecule has 0 bridgehead atoms. The molecule has 5 heteroatoms. The van der Waals surface area contributed by atoms with Crippen molar-refractivity contribution in [1.29, 1.82) is 0 Å². The van der Waals surface area contributed by atoms with Crippen LogP contribution in [0.4, 0.5) is 4.39 Å². The third-order valence-electron chi connectivity index (χ3n) is 5.31. The van der Waals surface area contributed by atoms with Crippen molar-refractivity contribution in [3.63, 3.8) is 0 Å². The Morgan fingerprint density at radius 3 is 2.73 bits per heavy atom. The molecule has 1 atom stereocenters. The van der Waals surface area contributed by atoms with Crippen molar-refractivity contribution in [2.24, 2.45) is 16.1 Å². The Balaban J connectivity index is 1.37. The Morgan fingerprint density at radius 2 is 1.96 bits per heavy atom.